The van der Waals surface area contributed by atoms with Gasteiger partial charge < -0.3 is 19.7 Å². The van der Waals surface area contributed by atoms with Gasteiger partial charge in [-0.2, -0.15) is 13.2 Å². The quantitative estimate of drug-likeness (QED) is 0.419. The Bertz CT molecular complexity index is 1170. The molecular formula is C24H26F3N3O3S. The van der Waals surface area contributed by atoms with Gasteiger partial charge >= 0.3 is 6.18 Å². The monoisotopic (exact) mass is 493 g/mol. The van der Waals surface area contributed by atoms with Crippen LogP contribution in [0.2, 0.25) is 0 Å². The Morgan fingerprint density at radius 1 is 1.24 bits per heavy atom. The van der Waals surface area contributed by atoms with E-state index in [0.717, 1.165) is 45.2 Å². The van der Waals surface area contributed by atoms with Crippen molar-refractivity contribution in [2.24, 2.45) is 17.8 Å². The summed E-state index contributed by atoms with van der Waals surface area (Å²) in [5, 5.41) is 20.6. The smallest absolute Gasteiger partial charge is 0.428 e. The largest absolute Gasteiger partial charge is 0.475 e. The maximum atomic E-state index is 13.6. The summed E-state index contributed by atoms with van der Waals surface area (Å²) in [6, 6.07) is 3.04. The van der Waals surface area contributed by atoms with Crippen LogP contribution < -0.4 is 4.74 Å². The van der Waals surface area contributed by atoms with E-state index >= 15 is 0 Å². The van der Waals surface area contributed by atoms with Crippen LogP contribution in [-0.2, 0) is 6.42 Å². The first-order valence-electron chi connectivity index (χ1n) is 11.4. The minimum Gasteiger partial charge on any atom is -0.475 e. The predicted octanol–water partition coefficient (Wildman–Crippen LogP) is 6.03. The molecule has 2 N–H and O–H groups in total. The lowest BCUT2D eigenvalue weighted by atomic mass is 9.59. The molecule has 34 heavy (non-hydrogen) atoms. The normalized spacial score (nSPS) is 23.7. The highest BCUT2D eigenvalue weighted by Crippen LogP contribution is 2.47. The zero-order chi connectivity index (χ0) is 24.3. The Morgan fingerprint density at radius 3 is 2.56 bits per heavy atom. The molecule has 3 unspecified atom stereocenters. The number of hydrogen-bond donors (Lipinski definition) is 2. The van der Waals surface area contributed by atoms with Crippen LogP contribution in [0.5, 0.6) is 5.75 Å². The van der Waals surface area contributed by atoms with Gasteiger partial charge in [0.25, 0.3) is 0 Å². The minimum atomic E-state index is -4.78. The van der Waals surface area contributed by atoms with E-state index in [1.807, 2.05) is 5.38 Å². The first-order chi connectivity index (χ1) is 16.0. The van der Waals surface area contributed by atoms with Gasteiger partial charge in [0.1, 0.15) is 16.4 Å². The van der Waals surface area contributed by atoms with Gasteiger partial charge in [-0.3, -0.25) is 0 Å². The zero-order valence-corrected chi connectivity index (χ0v) is 19.7. The van der Waals surface area contributed by atoms with Crippen molar-refractivity contribution in [1.29, 1.82) is 5.41 Å². The highest BCUT2D eigenvalue weighted by Gasteiger charge is 2.51. The molecule has 6 rings (SSSR count). The van der Waals surface area contributed by atoms with Crippen LogP contribution in [-0.4, -0.2) is 38.7 Å². The molecule has 3 aliphatic rings. The Balaban J connectivity index is 1.45. The third kappa shape index (κ3) is 4.33. The summed E-state index contributed by atoms with van der Waals surface area (Å²) < 4.78 is 52.3. The van der Waals surface area contributed by atoms with Gasteiger partial charge in [-0.1, -0.05) is 0 Å². The van der Waals surface area contributed by atoms with Gasteiger partial charge in [-0.15, -0.1) is 11.3 Å². The van der Waals surface area contributed by atoms with Crippen LogP contribution in [0.25, 0.3) is 21.7 Å². The molecule has 2 bridgehead atoms. The van der Waals surface area contributed by atoms with Crippen LogP contribution in [0.3, 0.4) is 0 Å². The maximum Gasteiger partial charge on any atom is 0.428 e. The van der Waals surface area contributed by atoms with Crippen molar-refractivity contribution in [3.05, 3.63) is 29.6 Å². The molecule has 0 amide bonds. The fourth-order valence-electron chi connectivity index (χ4n) is 5.17. The van der Waals surface area contributed by atoms with Crippen molar-refractivity contribution in [2.75, 3.05) is 0 Å². The van der Waals surface area contributed by atoms with Crippen molar-refractivity contribution >= 4 is 28.1 Å². The van der Waals surface area contributed by atoms with Crippen molar-refractivity contribution in [3.8, 4) is 16.3 Å². The molecule has 3 aromatic rings. The van der Waals surface area contributed by atoms with E-state index in [9.17, 15) is 18.3 Å². The molecule has 0 radical (unpaired) electrons. The number of aryl methyl sites for hydroxylation is 1. The van der Waals surface area contributed by atoms with Gasteiger partial charge in [0.05, 0.1) is 5.56 Å². The van der Waals surface area contributed by atoms with E-state index in [2.05, 4.69) is 9.97 Å². The number of halogens is 3. The van der Waals surface area contributed by atoms with E-state index in [1.165, 1.54) is 17.4 Å². The van der Waals surface area contributed by atoms with Crippen molar-refractivity contribution in [1.82, 2.24) is 9.97 Å². The minimum absolute atomic E-state index is 0.0953. The highest BCUT2D eigenvalue weighted by atomic mass is 32.1. The maximum absolute atomic E-state index is 13.6. The Morgan fingerprint density at radius 2 is 1.97 bits per heavy atom. The van der Waals surface area contributed by atoms with E-state index in [-0.39, 0.29) is 11.3 Å². The van der Waals surface area contributed by atoms with Crippen LogP contribution >= 0.6 is 11.3 Å². The van der Waals surface area contributed by atoms with Crippen molar-refractivity contribution < 1.29 is 27.4 Å². The van der Waals surface area contributed by atoms with E-state index in [4.69, 9.17) is 14.6 Å². The number of hydrogen-bond acceptors (Lipinski definition) is 7. The molecule has 3 fully saturated rings. The lowest BCUT2D eigenvalue weighted by molar-refractivity contribution is -0.239. The molecule has 3 saturated carbocycles. The summed E-state index contributed by atoms with van der Waals surface area (Å²) in [5.41, 5.74) is -0.114. The number of aliphatic hydroxyl groups is 1. The third-order valence-electron chi connectivity index (χ3n) is 6.85. The van der Waals surface area contributed by atoms with Crippen molar-refractivity contribution in [2.45, 2.75) is 63.8 Å². The van der Waals surface area contributed by atoms with Gasteiger partial charge in [-0.05, 0) is 69.4 Å². The third-order valence-corrected chi connectivity index (χ3v) is 7.65. The summed E-state index contributed by atoms with van der Waals surface area (Å²) in [7, 11) is 0. The molecule has 10 heteroatoms. The number of nitrogens with one attached hydrogen (secondary N) is 1. The number of thiazole rings is 1. The number of alkyl halides is 3. The summed E-state index contributed by atoms with van der Waals surface area (Å²) in [6.07, 6.45) is -1.02. The fraction of sp³-hybridized carbons (Fsp3) is 0.542. The van der Waals surface area contributed by atoms with E-state index in [0.29, 0.717) is 46.2 Å². The molecule has 2 heterocycles. The van der Waals surface area contributed by atoms with Crippen LogP contribution in [0.1, 0.15) is 45.4 Å². The summed E-state index contributed by atoms with van der Waals surface area (Å²) in [5.74, 6) is 1.65. The molecule has 0 spiro atoms. The standard InChI is InChI=1S/C24H26F3N3O3S/c1-23(2,31)22(24(25,26)27)32-16-5-4-15(21-29-7-8-34-21)20-19(16)30-17(33-20)6-3-12-9-13-11-14(10-12)18(13)28/h4-5,7-8,12-14,22,28,31H,3,6,9-11H2,1-2H3. The van der Waals surface area contributed by atoms with Crippen LogP contribution in [0.15, 0.2) is 28.1 Å². The number of fused-ring (bicyclic) bond motifs is 3. The Kier molecular flexibility index (Phi) is 5.71. The van der Waals surface area contributed by atoms with Gasteiger partial charge in [0.2, 0.25) is 6.10 Å². The molecule has 3 atom stereocenters. The molecule has 0 aliphatic heterocycles. The molecule has 6 nitrogen and oxygen atoms in total. The molecule has 3 aliphatic carbocycles. The van der Waals surface area contributed by atoms with Gasteiger partial charge in [0, 0.05) is 23.7 Å². The molecule has 1 aromatic carbocycles. The molecule has 2 aromatic heterocycles. The molecular weight excluding hydrogens is 467 g/mol. The Labute approximate surface area is 198 Å². The Hall–Kier alpha value is -2.46. The van der Waals surface area contributed by atoms with Gasteiger partial charge in [0.15, 0.2) is 17.0 Å². The number of rotatable bonds is 7. The van der Waals surface area contributed by atoms with Crippen molar-refractivity contribution in [3.63, 3.8) is 0 Å². The van der Waals surface area contributed by atoms with Crippen LogP contribution in [0, 0.1) is 23.2 Å². The van der Waals surface area contributed by atoms with Crippen LogP contribution in [0.4, 0.5) is 13.2 Å². The van der Waals surface area contributed by atoms with E-state index < -0.39 is 17.9 Å². The zero-order valence-electron chi connectivity index (χ0n) is 18.9. The second kappa shape index (κ2) is 8.34. The van der Waals surface area contributed by atoms with E-state index in [1.54, 1.807) is 12.3 Å². The first kappa shape index (κ1) is 23.3. The van der Waals surface area contributed by atoms with Gasteiger partial charge in [-0.25, -0.2) is 9.97 Å². The average Bonchev–Trinajstić information content (AvgIpc) is 3.44. The number of ether oxygens (including phenoxy) is 1. The molecule has 0 saturated heterocycles. The summed E-state index contributed by atoms with van der Waals surface area (Å²) >= 11 is 1.39. The predicted molar refractivity (Wildman–Crippen MR) is 122 cm³/mol. The number of aromatic nitrogens is 2. The number of oxazole rings is 1. The first-order valence-corrected chi connectivity index (χ1v) is 12.2. The average molecular weight is 494 g/mol. The SMILES string of the molecule is CC(C)(O)C(Oc1ccc(-c2nccs2)c2oc(CCC3CC4CC(C3)C4=N)nc12)C(F)(F)F. The highest BCUT2D eigenvalue weighted by molar-refractivity contribution is 7.13. The topological polar surface area (TPSA) is 92.2 Å². The second-order valence-electron chi connectivity index (χ2n) is 9.89. The second-order valence-corrected chi connectivity index (χ2v) is 10.8. The summed E-state index contributed by atoms with van der Waals surface area (Å²) in [6.45, 7) is 2.13. The number of nitrogens with zero attached hydrogens (tertiary/aromatic N) is 2. The lowest BCUT2D eigenvalue weighted by Gasteiger charge is -2.46. The molecule has 182 valence electrons. The lowest BCUT2D eigenvalue weighted by Crippen LogP contribution is -2.50. The fourth-order valence-corrected chi connectivity index (χ4v) is 5.83. The number of benzene rings is 1. The summed E-state index contributed by atoms with van der Waals surface area (Å²) in [4.78, 5) is 8.83.